The standard InChI is InChI=1S/C36H29N9O22S4/c46-9-11-66-26-16-25(27(67-12-10-47)15-24(26)39-37-22-7-3-18(45(52)53)13-28(22)69(57,58)59)40-41-30-29(70(60,61)62)14-21-20(33(30)48)6-8-23(34(21)71(63,64)65)38-42-31-32(36(50)51)43-44(35(31)49)17-1-4-19(5-2-17)68(54,55)56/h1-8,13-16,31,46-48H,9-12H2,(H,50,51)(H,54,55,56)(H,57,58,59)(H,60,61,62)(H,63,64,65). The smallest absolute Gasteiger partial charge is 0.355 e. The molecule has 0 bridgehead atoms. The Bertz CT molecular complexity index is 3630. The van der Waals surface area contributed by atoms with Crippen LogP contribution in [0.4, 0.5) is 39.8 Å². The normalized spacial score (nSPS) is 14.8. The van der Waals surface area contributed by atoms with Crippen molar-refractivity contribution in [2.45, 2.75) is 25.6 Å². The molecule has 1 aliphatic rings. The lowest BCUT2D eigenvalue weighted by Gasteiger charge is -2.14. The summed E-state index contributed by atoms with van der Waals surface area (Å²) in [5, 5.41) is 76.4. The number of phenolic OH excluding ortho intramolecular Hbond substituents is 1. The van der Waals surface area contributed by atoms with Crippen LogP contribution in [0.2, 0.25) is 0 Å². The average molecular weight is 1070 g/mol. The Morgan fingerprint density at radius 2 is 1.23 bits per heavy atom. The van der Waals surface area contributed by atoms with Crippen molar-refractivity contribution < 1.29 is 96.3 Å². The molecule has 374 valence electrons. The third kappa shape index (κ3) is 11.6. The van der Waals surface area contributed by atoms with Gasteiger partial charge in [0.15, 0.2) is 11.5 Å². The minimum atomic E-state index is -5.60. The fraction of sp³-hybridized carbons (Fsp3) is 0.139. The van der Waals surface area contributed by atoms with Gasteiger partial charge in [-0.25, -0.2) is 4.79 Å². The number of carboxylic acids is 1. The summed E-state index contributed by atoms with van der Waals surface area (Å²) in [5.74, 6) is -5.10. The average Bonchev–Trinajstić information content (AvgIpc) is 3.62. The molecule has 1 unspecified atom stereocenters. The van der Waals surface area contributed by atoms with Gasteiger partial charge in [0.25, 0.3) is 52.1 Å². The molecule has 0 saturated heterocycles. The number of carbonyl (C=O) groups is 2. The Kier molecular flexibility index (Phi) is 15.0. The molecule has 8 N–H and O–H groups in total. The van der Waals surface area contributed by atoms with Crippen LogP contribution in [0.1, 0.15) is 0 Å². The quantitative estimate of drug-likeness (QED) is 0.0251. The van der Waals surface area contributed by atoms with Crippen LogP contribution in [0.3, 0.4) is 0 Å². The summed E-state index contributed by atoms with van der Waals surface area (Å²) in [6, 6.07) is 7.60. The number of anilines is 1. The van der Waals surface area contributed by atoms with Crippen LogP contribution in [0, 0.1) is 10.1 Å². The van der Waals surface area contributed by atoms with Gasteiger partial charge in [0.1, 0.15) is 67.8 Å². The number of non-ortho nitro benzene ring substituents is 1. The lowest BCUT2D eigenvalue weighted by Crippen LogP contribution is -2.33. The van der Waals surface area contributed by atoms with Crippen molar-refractivity contribution in [1.82, 2.24) is 0 Å². The molecule has 5 aromatic rings. The van der Waals surface area contributed by atoms with Crippen LogP contribution < -0.4 is 14.5 Å². The number of carbonyl (C=O) groups excluding carboxylic acids is 1. The maximum absolute atomic E-state index is 13.3. The Balaban J connectivity index is 1.46. The van der Waals surface area contributed by atoms with Crippen molar-refractivity contribution >= 4 is 109 Å². The molecule has 0 radical (unpaired) electrons. The highest BCUT2D eigenvalue weighted by molar-refractivity contribution is 7.87. The summed E-state index contributed by atoms with van der Waals surface area (Å²) >= 11 is 0. The van der Waals surface area contributed by atoms with Gasteiger partial charge in [-0.05, 0) is 48.5 Å². The number of carboxylic acid groups (broad SMARTS) is 1. The lowest BCUT2D eigenvalue weighted by atomic mass is 10.1. The topological polar surface area (TPSA) is 484 Å². The van der Waals surface area contributed by atoms with Crippen LogP contribution >= 0.6 is 0 Å². The fourth-order valence-electron chi connectivity index (χ4n) is 6.15. The zero-order chi connectivity index (χ0) is 52.4. The number of aliphatic carboxylic acids is 1. The second kappa shape index (κ2) is 20.2. The van der Waals surface area contributed by atoms with Gasteiger partial charge in [-0.2, -0.15) is 54.0 Å². The molecule has 0 saturated carbocycles. The SMILES string of the molecule is O=C(O)C1=NN(c2ccc(S(=O)(=O)O)cc2)C(=O)C1N=Nc1ccc2c(O)c(N=Nc3cc(OCCO)c(N=Nc4ccc([N+](=O)[O-])cc4S(=O)(=O)O)cc3OCCO)c(S(=O)(=O)O)cc2c1S(=O)(=O)O. The van der Waals surface area contributed by atoms with Gasteiger partial charge in [0.2, 0.25) is 6.04 Å². The zero-order valence-corrected chi connectivity index (χ0v) is 38.1. The molecule has 1 heterocycles. The first-order valence-electron chi connectivity index (χ1n) is 18.8. The second-order valence-electron chi connectivity index (χ2n) is 13.8. The molecule has 1 atom stereocenters. The predicted octanol–water partition coefficient (Wildman–Crippen LogP) is 3.95. The first-order valence-corrected chi connectivity index (χ1v) is 24.6. The number of azo groups is 3. The Hall–Kier alpha value is -7.87. The maximum Gasteiger partial charge on any atom is 0.355 e. The summed E-state index contributed by atoms with van der Waals surface area (Å²) < 4.78 is 149. The van der Waals surface area contributed by atoms with E-state index in [4.69, 9.17) is 9.47 Å². The number of hydrogen-bond donors (Lipinski definition) is 8. The number of hydrazone groups is 1. The highest BCUT2D eigenvalue weighted by Gasteiger charge is 2.41. The lowest BCUT2D eigenvalue weighted by molar-refractivity contribution is -0.385. The fourth-order valence-corrected chi connectivity index (χ4v) is 8.74. The third-order valence-corrected chi connectivity index (χ3v) is 12.7. The van der Waals surface area contributed by atoms with Crippen LogP contribution in [-0.4, -0.2) is 127 Å². The number of aromatic hydroxyl groups is 1. The summed E-state index contributed by atoms with van der Waals surface area (Å²) in [7, 11) is -21.0. The van der Waals surface area contributed by atoms with Gasteiger partial charge < -0.3 is 29.9 Å². The van der Waals surface area contributed by atoms with Crippen LogP contribution in [0.25, 0.3) is 10.8 Å². The van der Waals surface area contributed by atoms with Crippen molar-refractivity contribution in [3.05, 3.63) is 82.9 Å². The van der Waals surface area contributed by atoms with Crippen molar-refractivity contribution in [2.75, 3.05) is 31.4 Å². The number of ether oxygens (including phenoxy) is 2. The van der Waals surface area contributed by atoms with Crippen molar-refractivity contribution in [1.29, 1.82) is 0 Å². The number of phenols is 1. The minimum absolute atomic E-state index is 0.229. The molecule has 0 aromatic heterocycles. The predicted molar refractivity (Wildman–Crippen MR) is 235 cm³/mol. The zero-order valence-electron chi connectivity index (χ0n) is 34.8. The molecule has 35 heteroatoms. The molecule has 1 amide bonds. The van der Waals surface area contributed by atoms with E-state index in [2.05, 4.69) is 35.8 Å². The highest BCUT2D eigenvalue weighted by Crippen LogP contribution is 2.47. The van der Waals surface area contributed by atoms with Gasteiger partial charge in [-0.1, -0.05) is 0 Å². The number of nitro groups is 1. The van der Waals surface area contributed by atoms with E-state index >= 15 is 0 Å². The van der Waals surface area contributed by atoms with Gasteiger partial charge in [-0.3, -0.25) is 33.1 Å². The van der Waals surface area contributed by atoms with Gasteiger partial charge >= 0.3 is 5.97 Å². The largest absolute Gasteiger partial charge is 0.505 e. The second-order valence-corrected chi connectivity index (χ2v) is 19.3. The number of hydrogen-bond acceptors (Lipinski definition) is 24. The van der Waals surface area contributed by atoms with Crippen LogP contribution in [0.15, 0.2) is 128 Å². The van der Waals surface area contributed by atoms with Crippen LogP contribution in [0.5, 0.6) is 17.2 Å². The Morgan fingerprint density at radius 1 is 0.676 bits per heavy atom. The molecule has 31 nitrogen and oxygen atoms in total. The highest BCUT2D eigenvalue weighted by atomic mass is 32.2. The van der Waals surface area contributed by atoms with Crippen LogP contribution in [-0.2, 0) is 50.1 Å². The van der Waals surface area contributed by atoms with Crippen molar-refractivity contribution in [3.63, 3.8) is 0 Å². The van der Waals surface area contributed by atoms with E-state index in [9.17, 15) is 92.0 Å². The summed E-state index contributed by atoms with van der Waals surface area (Å²) in [6.07, 6.45) is 0. The van der Waals surface area contributed by atoms with E-state index in [1.165, 1.54) is 0 Å². The number of aliphatic hydroxyl groups excluding tert-OH is 2. The van der Waals surface area contributed by atoms with E-state index in [1.54, 1.807) is 0 Å². The van der Waals surface area contributed by atoms with E-state index in [-0.39, 0.29) is 17.1 Å². The number of nitro benzene ring substituents is 1. The number of rotatable bonds is 19. The molecule has 6 rings (SSSR count). The van der Waals surface area contributed by atoms with Crippen molar-refractivity contribution in [3.8, 4) is 17.2 Å². The Labute approximate surface area is 396 Å². The summed E-state index contributed by atoms with van der Waals surface area (Å²) in [4.78, 5) is 31.4. The molecule has 0 fully saturated rings. The molecule has 71 heavy (non-hydrogen) atoms. The number of amides is 1. The van der Waals surface area contributed by atoms with E-state index in [0.717, 1.165) is 60.7 Å². The summed E-state index contributed by atoms with van der Waals surface area (Å²) in [5.41, 5.74) is -5.43. The molecular formula is C36H29N9O22S4. The molecular weight excluding hydrogens is 1040 g/mol. The number of nitrogens with zero attached hydrogens (tertiary/aromatic N) is 9. The Morgan fingerprint density at radius 3 is 1.73 bits per heavy atom. The maximum atomic E-state index is 13.3. The number of benzene rings is 5. The molecule has 0 spiro atoms. The summed E-state index contributed by atoms with van der Waals surface area (Å²) in [6.45, 7) is -2.24. The van der Waals surface area contributed by atoms with Gasteiger partial charge in [0, 0.05) is 35.0 Å². The first kappa shape index (κ1) is 52.5. The van der Waals surface area contributed by atoms with Gasteiger partial charge in [-0.15, -0.1) is 20.5 Å². The minimum Gasteiger partial charge on any atom is -0.505 e. The number of fused-ring (bicyclic) bond motifs is 1. The van der Waals surface area contributed by atoms with Gasteiger partial charge in [0.05, 0.1) is 28.7 Å². The monoisotopic (exact) mass is 1070 g/mol. The van der Waals surface area contributed by atoms with E-state index in [1.807, 2.05) is 0 Å². The first-order chi connectivity index (χ1) is 33.1. The molecule has 1 aliphatic heterocycles. The third-order valence-electron chi connectivity index (χ3n) is 9.18. The molecule has 0 aliphatic carbocycles. The van der Waals surface area contributed by atoms with E-state index < -0.39 is 166 Å². The van der Waals surface area contributed by atoms with E-state index in [0.29, 0.717) is 17.1 Å². The molecule has 5 aromatic carbocycles. The number of aliphatic hydroxyl groups is 2. The van der Waals surface area contributed by atoms with Crippen molar-refractivity contribution in [2.24, 2.45) is 35.8 Å².